The zero-order chi connectivity index (χ0) is 23.2. The third kappa shape index (κ3) is 5.06. The molecule has 170 valence electrons. The highest BCUT2D eigenvalue weighted by atomic mass is 16.5. The van der Waals surface area contributed by atoms with E-state index in [1.165, 1.54) is 5.56 Å². The highest BCUT2D eigenvalue weighted by molar-refractivity contribution is 5.91. The fraction of sp³-hybridized carbons (Fsp3) is 0.240. The van der Waals surface area contributed by atoms with Gasteiger partial charge in [0, 0.05) is 30.9 Å². The molecule has 2 amide bonds. The van der Waals surface area contributed by atoms with Crippen molar-refractivity contribution in [3.8, 4) is 22.9 Å². The number of aryl methyl sites for hydroxylation is 2. The summed E-state index contributed by atoms with van der Waals surface area (Å²) >= 11 is 0. The molecule has 0 spiro atoms. The van der Waals surface area contributed by atoms with Gasteiger partial charge in [0.15, 0.2) is 5.65 Å². The van der Waals surface area contributed by atoms with Crippen LogP contribution in [0.15, 0.2) is 60.8 Å². The van der Waals surface area contributed by atoms with E-state index in [4.69, 9.17) is 14.5 Å². The van der Waals surface area contributed by atoms with E-state index in [0.29, 0.717) is 36.7 Å². The Labute approximate surface area is 192 Å². The lowest BCUT2D eigenvalue weighted by Gasteiger charge is -2.13. The summed E-state index contributed by atoms with van der Waals surface area (Å²) in [5.41, 5.74) is 4.49. The molecule has 0 atom stereocenters. The van der Waals surface area contributed by atoms with Crippen molar-refractivity contribution in [1.29, 1.82) is 0 Å². The van der Waals surface area contributed by atoms with Crippen LogP contribution < -0.4 is 20.1 Å². The fourth-order valence-electron chi connectivity index (χ4n) is 3.60. The predicted molar refractivity (Wildman–Crippen MR) is 129 cm³/mol. The molecule has 0 radical (unpaired) electrons. The van der Waals surface area contributed by atoms with Gasteiger partial charge in [0.1, 0.15) is 22.8 Å². The van der Waals surface area contributed by atoms with Crippen molar-refractivity contribution in [1.82, 2.24) is 19.9 Å². The number of carbonyl (C=O) groups excluding carboxylic acids is 1. The second kappa shape index (κ2) is 10.0. The summed E-state index contributed by atoms with van der Waals surface area (Å²) < 4.78 is 12.6. The Morgan fingerprint density at radius 3 is 2.64 bits per heavy atom. The molecule has 0 unspecified atom stereocenters. The normalized spacial score (nSPS) is 10.8. The van der Waals surface area contributed by atoms with Crippen LogP contribution in [-0.2, 0) is 6.54 Å². The lowest BCUT2D eigenvalue weighted by molar-refractivity contribution is 0.251. The Bertz CT molecular complexity index is 1250. The largest absolute Gasteiger partial charge is 0.497 e. The zero-order valence-electron chi connectivity index (χ0n) is 19.0. The van der Waals surface area contributed by atoms with Gasteiger partial charge in [-0.05, 0) is 37.6 Å². The topological polar surface area (TPSA) is 90.3 Å². The molecule has 2 aromatic carbocycles. The number of nitrogens with zero attached hydrogens (tertiary/aromatic N) is 3. The van der Waals surface area contributed by atoms with E-state index >= 15 is 0 Å². The highest BCUT2D eigenvalue weighted by Crippen LogP contribution is 2.29. The van der Waals surface area contributed by atoms with Gasteiger partial charge in [-0.15, -0.1) is 0 Å². The number of aromatic nitrogens is 3. The summed E-state index contributed by atoms with van der Waals surface area (Å²) in [6.45, 7) is 3.22. The molecule has 0 aliphatic rings. The molecule has 2 N–H and O–H groups in total. The number of amides is 2. The van der Waals surface area contributed by atoms with Crippen molar-refractivity contribution in [3.63, 3.8) is 0 Å². The van der Waals surface area contributed by atoms with Crippen LogP contribution in [0.25, 0.3) is 22.6 Å². The summed E-state index contributed by atoms with van der Waals surface area (Å²) in [6.07, 6.45) is 2.49. The highest BCUT2D eigenvalue weighted by Gasteiger charge is 2.14. The molecule has 8 heteroatoms. The SMILES string of the molecule is COc1ccc(NC(=O)NCCCn2c(-c3ccc(C)cc3)nc3cccnc32)c(OC)c1. The number of hydrogen-bond donors (Lipinski definition) is 2. The van der Waals surface area contributed by atoms with Crippen molar-refractivity contribution in [3.05, 3.63) is 66.4 Å². The van der Waals surface area contributed by atoms with Gasteiger partial charge in [-0.25, -0.2) is 14.8 Å². The Hall–Kier alpha value is -4.07. The van der Waals surface area contributed by atoms with Gasteiger partial charge >= 0.3 is 6.03 Å². The predicted octanol–water partition coefficient (Wildman–Crippen LogP) is 4.64. The molecule has 8 nitrogen and oxygen atoms in total. The number of fused-ring (bicyclic) bond motifs is 1. The summed E-state index contributed by atoms with van der Waals surface area (Å²) in [6, 6.07) is 17.1. The van der Waals surface area contributed by atoms with Crippen LogP contribution >= 0.6 is 0 Å². The number of methoxy groups -OCH3 is 2. The molecule has 0 bridgehead atoms. The van der Waals surface area contributed by atoms with E-state index in [9.17, 15) is 4.79 Å². The molecule has 0 aliphatic heterocycles. The summed E-state index contributed by atoms with van der Waals surface area (Å²) in [5, 5.41) is 5.71. The molecule has 0 fully saturated rings. The number of benzene rings is 2. The summed E-state index contributed by atoms with van der Waals surface area (Å²) in [5.74, 6) is 2.06. The third-order valence-corrected chi connectivity index (χ3v) is 5.31. The average molecular weight is 446 g/mol. The zero-order valence-corrected chi connectivity index (χ0v) is 19.0. The molecule has 0 saturated heterocycles. The number of carbonyl (C=O) groups is 1. The minimum Gasteiger partial charge on any atom is -0.497 e. The van der Waals surface area contributed by atoms with Crippen molar-refractivity contribution in [2.75, 3.05) is 26.1 Å². The Morgan fingerprint density at radius 1 is 1.06 bits per heavy atom. The molecular weight excluding hydrogens is 418 g/mol. The first kappa shape index (κ1) is 22.1. The first-order valence-electron chi connectivity index (χ1n) is 10.7. The van der Waals surface area contributed by atoms with Gasteiger partial charge in [-0.3, -0.25) is 0 Å². The smallest absolute Gasteiger partial charge is 0.319 e. The summed E-state index contributed by atoms with van der Waals surface area (Å²) in [7, 11) is 3.13. The second-order valence-corrected chi connectivity index (χ2v) is 7.60. The minimum atomic E-state index is -0.300. The number of anilines is 1. The van der Waals surface area contributed by atoms with E-state index in [-0.39, 0.29) is 6.03 Å². The lowest BCUT2D eigenvalue weighted by Crippen LogP contribution is -2.30. The van der Waals surface area contributed by atoms with Gasteiger partial charge in [-0.1, -0.05) is 29.8 Å². The molecule has 4 aromatic rings. The number of urea groups is 1. The van der Waals surface area contributed by atoms with E-state index in [1.807, 2.05) is 12.1 Å². The number of ether oxygens (including phenoxy) is 2. The maximum atomic E-state index is 12.4. The number of imidazole rings is 1. The van der Waals surface area contributed by atoms with Crippen LogP contribution in [0.3, 0.4) is 0 Å². The van der Waals surface area contributed by atoms with E-state index in [2.05, 4.69) is 51.4 Å². The minimum absolute atomic E-state index is 0.300. The third-order valence-electron chi connectivity index (χ3n) is 5.31. The van der Waals surface area contributed by atoms with Crippen LogP contribution in [0.4, 0.5) is 10.5 Å². The van der Waals surface area contributed by atoms with E-state index < -0.39 is 0 Å². The van der Waals surface area contributed by atoms with Crippen molar-refractivity contribution in [2.45, 2.75) is 19.9 Å². The van der Waals surface area contributed by atoms with E-state index in [0.717, 1.165) is 22.6 Å². The Morgan fingerprint density at radius 2 is 1.88 bits per heavy atom. The quantitative estimate of drug-likeness (QED) is 0.386. The van der Waals surface area contributed by atoms with Crippen LogP contribution in [0.2, 0.25) is 0 Å². The van der Waals surface area contributed by atoms with Gasteiger partial charge in [0.25, 0.3) is 0 Å². The monoisotopic (exact) mass is 445 g/mol. The van der Waals surface area contributed by atoms with Crippen LogP contribution in [-0.4, -0.2) is 41.3 Å². The number of pyridine rings is 1. The molecule has 4 rings (SSSR count). The average Bonchev–Trinajstić information content (AvgIpc) is 3.21. The van der Waals surface area contributed by atoms with Gasteiger partial charge in [-0.2, -0.15) is 0 Å². The first-order valence-corrected chi connectivity index (χ1v) is 10.7. The fourth-order valence-corrected chi connectivity index (χ4v) is 3.60. The number of hydrogen-bond acceptors (Lipinski definition) is 5. The van der Waals surface area contributed by atoms with Gasteiger partial charge in [0.05, 0.1) is 19.9 Å². The standard InChI is InChI=1S/C25H27N5O3/c1-17-7-9-18(10-8-17)23-28-21-6-4-13-26-24(21)30(23)15-5-14-27-25(31)29-20-12-11-19(32-2)16-22(20)33-3/h4,6-13,16H,5,14-15H2,1-3H3,(H2,27,29,31). The molecule has 2 heterocycles. The summed E-state index contributed by atoms with van der Waals surface area (Å²) in [4.78, 5) is 21.7. The lowest BCUT2D eigenvalue weighted by atomic mass is 10.1. The van der Waals surface area contributed by atoms with Crippen molar-refractivity contribution >= 4 is 22.9 Å². The molecule has 0 aliphatic carbocycles. The maximum Gasteiger partial charge on any atom is 0.319 e. The number of nitrogens with one attached hydrogen (secondary N) is 2. The second-order valence-electron chi connectivity index (χ2n) is 7.60. The molecule has 0 saturated carbocycles. The first-order chi connectivity index (χ1) is 16.1. The van der Waals surface area contributed by atoms with Gasteiger partial charge in [0.2, 0.25) is 0 Å². The Kier molecular flexibility index (Phi) is 6.73. The van der Waals surface area contributed by atoms with Crippen LogP contribution in [0.5, 0.6) is 11.5 Å². The molecule has 2 aromatic heterocycles. The van der Waals surface area contributed by atoms with Crippen molar-refractivity contribution < 1.29 is 14.3 Å². The van der Waals surface area contributed by atoms with Gasteiger partial charge < -0.3 is 24.7 Å². The maximum absolute atomic E-state index is 12.4. The van der Waals surface area contributed by atoms with Crippen LogP contribution in [0.1, 0.15) is 12.0 Å². The van der Waals surface area contributed by atoms with E-state index in [1.54, 1.807) is 38.6 Å². The number of rotatable bonds is 8. The molecular formula is C25H27N5O3. The molecule has 33 heavy (non-hydrogen) atoms. The van der Waals surface area contributed by atoms with Crippen molar-refractivity contribution in [2.24, 2.45) is 0 Å². The van der Waals surface area contributed by atoms with Crippen LogP contribution in [0, 0.1) is 6.92 Å². The Balaban J connectivity index is 1.41.